The zero-order chi connectivity index (χ0) is 16.8. The number of thioether (sulfide) groups is 1. The van der Waals surface area contributed by atoms with E-state index in [0.29, 0.717) is 5.92 Å². The molecule has 3 heteroatoms. The summed E-state index contributed by atoms with van der Waals surface area (Å²) in [5.41, 5.74) is 10.5. The molecule has 1 heterocycles. The van der Waals surface area contributed by atoms with Gasteiger partial charge in [0.2, 0.25) is 0 Å². The van der Waals surface area contributed by atoms with E-state index in [1.807, 2.05) is 24.2 Å². The first-order chi connectivity index (χ1) is 11.8. The van der Waals surface area contributed by atoms with Gasteiger partial charge < -0.3 is 5.73 Å². The number of pyridine rings is 1. The maximum atomic E-state index is 5.98. The lowest BCUT2D eigenvalue weighted by molar-refractivity contribution is 0.508. The van der Waals surface area contributed by atoms with Crippen LogP contribution in [-0.2, 0) is 12.8 Å². The van der Waals surface area contributed by atoms with Gasteiger partial charge in [-0.1, -0.05) is 31.5 Å². The number of benzene rings is 1. The van der Waals surface area contributed by atoms with Gasteiger partial charge in [-0.3, -0.25) is 4.98 Å². The maximum absolute atomic E-state index is 5.98. The van der Waals surface area contributed by atoms with Crippen LogP contribution in [0.4, 0.5) is 0 Å². The lowest BCUT2D eigenvalue weighted by Gasteiger charge is -2.26. The molecule has 128 valence electrons. The lowest BCUT2D eigenvalue weighted by atomic mass is 9.82. The molecule has 0 saturated heterocycles. The summed E-state index contributed by atoms with van der Waals surface area (Å²) >= 11 is 1.96. The molecule has 0 fully saturated rings. The van der Waals surface area contributed by atoms with Crippen molar-refractivity contribution >= 4 is 11.8 Å². The zero-order valence-corrected chi connectivity index (χ0v) is 15.4. The first-order valence-corrected chi connectivity index (χ1v) is 10.1. The Morgan fingerprint density at radius 2 is 2.04 bits per heavy atom. The summed E-state index contributed by atoms with van der Waals surface area (Å²) in [6.07, 6.45) is 9.89. The molecule has 2 unspecified atom stereocenters. The van der Waals surface area contributed by atoms with Crippen molar-refractivity contribution in [2.24, 2.45) is 11.7 Å². The molecule has 1 aliphatic carbocycles. The average Bonchev–Trinajstić information content (AvgIpc) is 2.64. The molecular weight excluding hydrogens is 312 g/mol. The molecule has 0 saturated carbocycles. The molecule has 1 aromatic carbocycles. The van der Waals surface area contributed by atoms with E-state index in [-0.39, 0.29) is 0 Å². The average molecular weight is 341 g/mol. The molecule has 1 aromatic heterocycles. The van der Waals surface area contributed by atoms with Crippen LogP contribution in [0.15, 0.2) is 47.6 Å². The van der Waals surface area contributed by atoms with Crippen molar-refractivity contribution in [2.45, 2.75) is 49.8 Å². The summed E-state index contributed by atoms with van der Waals surface area (Å²) in [7, 11) is 0. The van der Waals surface area contributed by atoms with E-state index >= 15 is 0 Å². The van der Waals surface area contributed by atoms with Gasteiger partial charge in [-0.2, -0.15) is 0 Å². The zero-order valence-electron chi connectivity index (χ0n) is 14.6. The van der Waals surface area contributed by atoms with E-state index in [9.17, 15) is 0 Å². The summed E-state index contributed by atoms with van der Waals surface area (Å²) in [5, 5.41) is 0. The Kier molecular flexibility index (Phi) is 6.33. The van der Waals surface area contributed by atoms with E-state index in [2.05, 4.69) is 42.2 Å². The predicted octanol–water partition coefficient (Wildman–Crippen LogP) is 4.82. The van der Waals surface area contributed by atoms with Crippen molar-refractivity contribution in [3.63, 3.8) is 0 Å². The van der Waals surface area contributed by atoms with E-state index in [0.717, 1.165) is 12.5 Å². The number of aryl methyl sites for hydroxylation is 1. The van der Waals surface area contributed by atoms with Gasteiger partial charge >= 0.3 is 0 Å². The number of hydrogen-bond acceptors (Lipinski definition) is 3. The van der Waals surface area contributed by atoms with Crippen molar-refractivity contribution < 1.29 is 0 Å². The van der Waals surface area contributed by atoms with Crippen LogP contribution in [0.3, 0.4) is 0 Å². The van der Waals surface area contributed by atoms with Gasteiger partial charge in [-0.25, -0.2) is 0 Å². The Balaban J connectivity index is 1.62. The Morgan fingerprint density at radius 1 is 1.21 bits per heavy atom. The second-order valence-corrected chi connectivity index (χ2v) is 7.95. The minimum absolute atomic E-state index is 0.528. The van der Waals surface area contributed by atoms with Crippen molar-refractivity contribution in [1.29, 1.82) is 0 Å². The maximum Gasteiger partial charge on any atom is 0.0278 e. The number of aromatic nitrogens is 1. The minimum Gasteiger partial charge on any atom is -0.330 e. The number of rotatable bonds is 7. The Hall–Kier alpha value is -1.32. The van der Waals surface area contributed by atoms with E-state index < -0.39 is 0 Å². The minimum atomic E-state index is 0.528. The highest BCUT2D eigenvalue weighted by Crippen LogP contribution is 2.32. The molecular formula is C21H28N2S. The van der Waals surface area contributed by atoms with Crippen molar-refractivity contribution in [2.75, 3.05) is 12.3 Å². The van der Waals surface area contributed by atoms with Crippen LogP contribution in [0, 0.1) is 5.92 Å². The SMILES string of the molecule is CCCC(CN)c1ccc2c(c1)CCC(CSc1ccncc1)C2. The molecule has 0 spiro atoms. The topological polar surface area (TPSA) is 38.9 Å². The molecule has 2 nitrogen and oxygen atoms in total. The number of fused-ring (bicyclic) bond motifs is 1. The molecule has 0 aliphatic heterocycles. The van der Waals surface area contributed by atoms with Gasteiger partial charge in [0.1, 0.15) is 0 Å². The molecule has 3 rings (SSSR count). The van der Waals surface area contributed by atoms with Gasteiger partial charge in [0, 0.05) is 23.0 Å². The largest absolute Gasteiger partial charge is 0.330 e. The highest BCUT2D eigenvalue weighted by atomic mass is 32.2. The van der Waals surface area contributed by atoms with Crippen LogP contribution in [0.5, 0.6) is 0 Å². The molecule has 0 amide bonds. The summed E-state index contributed by atoms with van der Waals surface area (Å²) in [6.45, 7) is 3.00. The molecule has 0 bridgehead atoms. The predicted molar refractivity (Wildman–Crippen MR) is 104 cm³/mol. The van der Waals surface area contributed by atoms with Crippen LogP contribution < -0.4 is 5.73 Å². The fraction of sp³-hybridized carbons (Fsp3) is 0.476. The number of nitrogens with two attached hydrogens (primary N) is 1. The fourth-order valence-electron chi connectivity index (χ4n) is 3.66. The molecule has 2 atom stereocenters. The van der Waals surface area contributed by atoms with Crippen LogP contribution in [0.2, 0.25) is 0 Å². The van der Waals surface area contributed by atoms with Gasteiger partial charge in [-0.15, -0.1) is 11.8 Å². The van der Waals surface area contributed by atoms with E-state index in [1.165, 1.54) is 48.3 Å². The third-order valence-corrected chi connectivity index (χ3v) is 6.33. The van der Waals surface area contributed by atoms with Crippen molar-refractivity contribution in [1.82, 2.24) is 4.98 Å². The lowest BCUT2D eigenvalue weighted by Crippen LogP contribution is -2.18. The number of nitrogens with zero attached hydrogens (tertiary/aromatic N) is 1. The monoisotopic (exact) mass is 340 g/mol. The van der Waals surface area contributed by atoms with Crippen LogP contribution in [0.1, 0.15) is 48.8 Å². The van der Waals surface area contributed by atoms with Gasteiger partial charge in [0.25, 0.3) is 0 Å². The smallest absolute Gasteiger partial charge is 0.0278 e. The molecule has 24 heavy (non-hydrogen) atoms. The highest BCUT2D eigenvalue weighted by molar-refractivity contribution is 7.99. The Bertz CT molecular complexity index is 642. The van der Waals surface area contributed by atoms with Gasteiger partial charge in [0.05, 0.1) is 0 Å². The van der Waals surface area contributed by atoms with Crippen LogP contribution in [-0.4, -0.2) is 17.3 Å². The molecule has 1 aliphatic rings. The summed E-state index contributed by atoms with van der Waals surface area (Å²) < 4.78 is 0. The summed E-state index contributed by atoms with van der Waals surface area (Å²) in [5.74, 6) is 2.51. The highest BCUT2D eigenvalue weighted by Gasteiger charge is 2.20. The molecule has 2 N–H and O–H groups in total. The van der Waals surface area contributed by atoms with Crippen molar-refractivity contribution in [3.8, 4) is 0 Å². The van der Waals surface area contributed by atoms with Gasteiger partial charge in [-0.05, 0) is 72.9 Å². The van der Waals surface area contributed by atoms with E-state index in [4.69, 9.17) is 5.73 Å². The quantitative estimate of drug-likeness (QED) is 0.734. The van der Waals surface area contributed by atoms with Crippen LogP contribution in [0.25, 0.3) is 0 Å². The fourth-order valence-corrected chi connectivity index (χ4v) is 4.69. The van der Waals surface area contributed by atoms with Gasteiger partial charge in [0.15, 0.2) is 0 Å². The second kappa shape index (κ2) is 8.68. The van der Waals surface area contributed by atoms with E-state index in [1.54, 1.807) is 11.1 Å². The second-order valence-electron chi connectivity index (χ2n) is 6.85. The molecule has 0 radical (unpaired) electrons. The Morgan fingerprint density at radius 3 is 2.79 bits per heavy atom. The summed E-state index contributed by atoms with van der Waals surface area (Å²) in [6, 6.07) is 11.3. The molecule has 2 aromatic rings. The first kappa shape index (κ1) is 17.5. The first-order valence-electron chi connectivity index (χ1n) is 9.14. The Labute approximate surface area is 150 Å². The number of hydrogen-bond donors (Lipinski definition) is 1. The van der Waals surface area contributed by atoms with Crippen molar-refractivity contribution in [3.05, 3.63) is 59.4 Å². The normalized spacial score (nSPS) is 18.2. The third kappa shape index (κ3) is 4.40. The summed E-state index contributed by atoms with van der Waals surface area (Å²) in [4.78, 5) is 5.42. The van der Waals surface area contributed by atoms with Crippen LogP contribution >= 0.6 is 11.8 Å². The third-order valence-electron chi connectivity index (χ3n) is 5.09. The standard InChI is InChI=1S/C21H28N2S/c1-2-3-20(14-22)19-7-6-17-12-16(4-5-18(17)13-19)15-24-21-8-10-23-11-9-21/h6-11,13,16,20H,2-5,12,14-15,22H2,1H3.